The van der Waals surface area contributed by atoms with Gasteiger partial charge in [0.1, 0.15) is 0 Å². The molecule has 0 saturated heterocycles. The Kier molecular flexibility index (Phi) is 2.14. The van der Waals surface area contributed by atoms with E-state index in [1.165, 1.54) is 11.1 Å². The van der Waals surface area contributed by atoms with Gasteiger partial charge in [-0.2, -0.15) is 0 Å². The lowest BCUT2D eigenvalue weighted by molar-refractivity contribution is 0.592. The van der Waals surface area contributed by atoms with Crippen LogP contribution < -0.4 is 5.73 Å². The van der Waals surface area contributed by atoms with E-state index in [2.05, 4.69) is 32.9 Å². The predicted octanol–water partition coefficient (Wildman–Crippen LogP) is 2.87. The second kappa shape index (κ2) is 2.81. The van der Waals surface area contributed by atoms with E-state index in [9.17, 15) is 0 Å². The van der Waals surface area contributed by atoms with Gasteiger partial charge in [0.2, 0.25) is 0 Å². The van der Waals surface area contributed by atoms with Crippen molar-refractivity contribution in [3.05, 3.63) is 29.3 Å². The van der Waals surface area contributed by atoms with Crippen LogP contribution in [0.4, 0.5) is 5.69 Å². The monoisotopic (exact) mass is 163 g/mol. The first kappa shape index (κ1) is 9.11. The van der Waals surface area contributed by atoms with Gasteiger partial charge in [0, 0.05) is 5.69 Å². The molecule has 0 spiro atoms. The van der Waals surface area contributed by atoms with Crippen LogP contribution in [0.25, 0.3) is 0 Å². The minimum Gasteiger partial charge on any atom is -0.398 e. The number of benzene rings is 1. The van der Waals surface area contributed by atoms with Gasteiger partial charge in [-0.15, -0.1) is 0 Å². The second-order valence-electron chi connectivity index (χ2n) is 4.29. The molecule has 0 bridgehead atoms. The molecule has 0 aliphatic carbocycles. The minimum absolute atomic E-state index is 0.149. The van der Waals surface area contributed by atoms with Crippen LogP contribution in [0.15, 0.2) is 18.2 Å². The maximum Gasteiger partial charge on any atom is 0.0381 e. The van der Waals surface area contributed by atoms with Gasteiger partial charge in [-0.05, 0) is 23.5 Å². The molecule has 1 rings (SSSR count). The van der Waals surface area contributed by atoms with Crippen molar-refractivity contribution in [2.75, 3.05) is 5.73 Å². The predicted molar refractivity (Wildman–Crippen MR) is 54.3 cm³/mol. The third kappa shape index (κ3) is 1.60. The smallest absolute Gasteiger partial charge is 0.0381 e. The molecule has 0 unspecified atom stereocenters. The molecule has 12 heavy (non-hydrogen) atoms. The molecule has 0 radical (unpaired) electrons. The standard InChI is InChI=1S/C11H17N/c1-8-6-5-7-9(10(8)12)11(2,3)4/h5-7H,12H2,1-4H3. The van der Waals surface area contributed by atoms with Crippen molar-refractivity contribution in [3.8, 4) is 0 Å². The Morgan fingerprint density at radius 2 is 1.75 bits per heavy atom. The van der Waals surface area contributed by atoms with E-state index in [1.807, 2.05) is 13.0 Å². The molecule has 2 N–H and O–H groups in total. The van der Waals surface area contributed by atoms with Gasteiger partial charge < -0.3 is 5.73 Å². The van der Waals surface area contributed by atoms with Gasteiger partial charge in [-0.25, -0.2) is 0 Å². The lowest BCUT2D eigenvalue weighted by atomic mass is 9.85. The Bertz CT molecular complexity index is 282. The van der Waals surface area contributed by atoms with Crippen LogP contribution in [0.5, 0.6) is 0 Å². The third-order valence-corrected chi connectivity index (χ3v) is 2.13. The highest BCUT2D eigenvalue weighted by molar-refractivity contribution is 5.55. The minimum atomic E-state index is 0.149. The first-order valence-electron chi connectivity index (χ1n) is 4.28. The summed E-state index contributed by atoms with van der Waals surface area (Å²) in [5.74, 6) is 0. The number of rotatable bonds is 0. The van der Waals surface area contributed by atoms with E-state index >= 15 is 0 Å². The normalized spacial score (nSPS) is 11.7. The van der Waals surface area contributed by atoms with Crippen LogP contribution in [0, 0.1) is 6.92 Å². The fourth-order valence-corrected chi connectivity index (χ4v) is 1.33. The molecule has 0 atom stereocenters. The highest BCUT2D eigenvalue weighted by Gasteiger charge is 2.16. The molecule has 0 amide bonds. The lowest BCUT2D eigenvalue weighted by Crippen LogP contribution is -2.14. The summed E-state index contributed by atoms with van der Waals surface area (Å²) in [6.07, 6.45) is 0. The number of nitrogen functional groups attached to an aromatic ring is 1. The zero-order valence-electron chi connectivity index (χ0n) is 8.31. The average molecular weight is 163 g/mol. The summed E-state index contributed by atoms with van der Waals surface area (Å²) < 4.78 is 0. The van der Waals surface area contributed by atoms with Crippen LogP contribution in [0.2, 0.25) is 0 Å². The molecule has 0 heterocycles. The number of anilines is 1. The summed E-state index contributed by atoms with van der Waals surface area (Å²) in [4.78, 5) is 0. The topological polar surface area (TPSA) is 26.0 Å². The Balaban J connectivity index is 3.26. The van der Waals surface area contributed by atoms with Crippen LogP contribution in [-0.4, -0.2) is 0 Å². The van der Waals surface area contributed by atoms with Crippen molar-refractivity contribution in [2.24, 2.45) is 0 Å². The fraction of sp³-hybridized carbons (Fsp3) is 0.455. The molecule has 1 heteroatoms. The summed E-state index contributed by atoms with van der Waals surface area (Å²) in [6, 6.07) is 6.21. The zero-order valence-corrected chi connectivity index (χ0v) is 8.31. The van der Waals surface area contributed by atoms with Crippen LogP contribution in [0.1, 0.15) is 31.9 Å². The maximum atomic E-state index is 5.97. The summed E-state index contributed by atoms with van der Waals surface area (Å²) >= 11 is 0. The van der Waals surface area contributed by atoms with E-state index in [0.717, 1.165) is 5.69 Å². The summed E-state index contributed by atoms with van der Waals surface area (Å²) in [5, 5.41) is 0. The van der Waals surface area contributed by atoms with Gasteiger partial charge in [0.15, 0.2) is 0 Å². The zero-order chi connectivity index (χ0) is 9.35. The molecule has 0 aliphatic rings. The van der Waals surface area contributed by atoms with Crippen LogP contribution >= 0.6 is 0 Å². The summed E-state index contributed by atoms with van der Waals surface area (Å²) in [7, 11) is 0. The van der Waals surface area contributed by atoms with Crippen molar-refractivity contribution in [3.63, 3.8) is 0 Å². The van der Waals surface area contributed by atoms with Crippen molar-refractivity contribution >= 4 is 5.69 Å². The molecule has 0 fully saturated rings. The molecular weight excluding hydrogens is 146 g/mol. The first-order chi connectivity index (χ1) is 5.43. The largest absolute Gasteiger partial charge is 0.398 e. The SMILES string of the molecule is Cc1cccc(C(C)(C)C)c1N. The summed E-state index contributed by atoms with van der Waals surface area (Å²) in [6.45, 7) is 8.58. The molecular formula is C11H17N. The maximum absolute atomic E-state index is 5.97. The first-order valence-corrected chi connectivity index (χ1v) is 4.28. The third-order valence-electron chi connectivity index (χ3n) is 2.13. The van der Waals surface area contributed by atoms with Crippen LogP contribution in [-0.2, 0) is 5.41 Å². The van der Waals surface area contributed by atoms with Crippen molar-refractivity contribution in [2.45, 2.75) is 33.1 Å². The van der Waals surface area contributed by atoms with E-state index in [-0.39, 0.29) is 5.41 Å². The Labute approximate surface area is 74.6 Å². The molecule has 66 valence electrons. The molecule has 1 aromatic rings. The number of hydrogen-bond donors (Lipinski definition) is 1. The van der Waals surface area contributed by atoms with Gasteiger partial charge in [-0.1, -0.05) is 39.0 Å². The Morgan fingerprint density at radius 3 is 2.17 bits per heavy atom. The number of para-hydroxylation sites is 1. The Hall–Kier alpha value is -0.980. The van der Waals surface area contributed by atoms with Crippen molar-refractivity contribution in [1.82, 2.24) is 0 Å². The van der Waals surface area contributed by atoms with Gasteiger partial charge in [0.25, 0.3) is 0 Å². The lowest BCUT2D eigenvalue weighted by Gasteiger charge is -2.22. The quantitative estimate of drug-likeness (QED) is 0.585. The highest BCUT2D eigenvalue weighted by atomic mass is 14.6. The number of hydrogen-bond acceptors (Lipinski definition) is 1. The molecule has 0 aliphatic heterocycles. The molecule has 0 aromatic heterocycles. The van der Waals surface area contributed by atoms with E-state index in [4.69, 9.17) is 5.73 Å². The van der Waals surface area contributed by atoms with E-state index in [1.54, 1.807) is 0 Å². The molecule has 1 aromatic carbocycles. The van der Waals surface area contributed by atoms with E-state index < -0.39 is 0 Å². The van der Waals surface area contributed by atoms with Gasteiger partial charge >= 0.3 is 0 Å². The van der Waals surface area contributed by atoms with Gasteiger partial charge in [-0.3, -0.25) is 0 Å². The van der Waals surface area contributed by atoms with Crippen molar-refractivity contribution in [1.29, 1.82) is 0 Å². The molecule has 0 saturated carbocycles. The number of nitrogens with two attached hydrogens (primary N) is 1. The number of aryl methyl sites for hydroxylation is 1. The summed E-state index contributed by atoms with van der Waals surface area (Å²) in [5.41, 5.74) is 9.46. The van der Waals surface area contributed by atoms with E-state index in [0.29, 0.717) is 0 Å². The Morgan fingerprint density at radius 1 is 1.17 bits per heavy atom. The highest BCUT2D eigenvalue weighted by Crippen LogP contribution is 2.29. The average Bonchev–Trinajstić information content (AvgIpc) is 1.92. The van der Waals surface area contributed by atoms with Gasteiger partial charge in [0.05, 0.1) is 0 Å². The molecule has 1 nitrogen and oxygen atoms in total. The second-order valence-corrected chi connectivity index (χ2v) is 4.29. The fourth-order valence-electron chi connectivity index (χ4n) is 1.33. The van der Waals surface area contributed by atoms with Crippen LogP contribution in [0.3, 0.4) is 0 Å². The van der Waals surface area contributed by atoms with Crippen molar-refractivity contribution < 1.29 is 0 Å².